The van der Waals surface area contributed by atoms with Crippen molar-refractivity contribution in [1.82, 2.24) is 10.3 Å². The van der Waals surface area contributed by atoms with Gasteiger partial charge in [0.05, 0.1) is 0 Å². The average molecular weight is 274 g/mol. The van der Waals surface area contributed by atoms with Crippen molar-refractivity contribution >= 4 is 32.1 Å². The molecule has 4 heteroatoms. The van der Waals surface area contributed by atoms with Gasteiger partial charge in [-0.1, -0.05) is 0 Å². The predicted molar refractivity (Wildman–Crippen MR) is 79.4 cm³/mol. The van der Waals surface area contributed by atoms with Gasteiger partial charge >= 0.3 is 0 Å². The summed E-state index contributed by atoms with van der Waals surface area (Å²) in [5.74, 6) is 0. The third-order valence-corrected chi connectivity index (χ3v) is 5.25. The Kier molecular flexibility index (Phi) is 3.41. The van der Waals surface area contributed by atoms with Crippen LogP contribution in [-0.4, -0.2) is 12.0 Å². The lowest BCUT2D eigenvalue weighted by molar-refractivity contribution is 0.602. The van der Waals surface area contributed by atoms with Crippen molar-refractivity contribution < 1.29 is 0 Å². The lowest BCUT2D eigenvalue weighted by atomic mass is 10.1. The van der Waals surface area contributed by atoms with Crippen molar-refractivity contribution in [2.45, 2.75) is 12.5 Å². The van der Waals surface area contributed by atoms with E-state index >= 15 is 0 Å². The number of thiophene rings is 2. The first kappa shape index (κ1) is 11.8. The lowest BCUT2D eigenvalue weighted by Gasteiger charge is -2.14. The second-order valence-electron chi connectivity index (χ2n) is 4.20. The van der Waals surface area contributed by atoms with Crippen molar-refractivity contribution in [2.24, 2.45) is 0 Å². The minimum atomic E-state index is 0.386. The van der Waals surface area contributed by atoms with Crippen molar-refractivity contribution in [3.05, 3.63) is 52.5 Å². The number of likely N-dealkylation sites (N-methyl/N-ethyl adjacent to an activating group) is 1. The maximum atomic E-state index is 4.06. The molecule has 0 saturated heterocycles. The molecule has 0 radical (unpaired) electrons. The number of aromatic nitrogens is 1. The number of nitrogens with one attached hydrogen (secondary N) is 1. The number of hydrogen-bond acceptors (Lipinski definition) is 4. The summed E-state index contributed by atoms with van der Waals surface area (Å²) in [5.41, 5.74) is 1.32. The maximum Gasteiger partial charge on any atom is 0.0454 e. The Balaban J connectivity index is 1.86. The Labute approximate surface area is 114 Å². The van der Waals surface area contributed by atoms with Gasteiger partial charge in [0.2, 0.25) is 0 Å². The quantitative estimate of drug-likeness (QED) is 0.781. The first-order valence-corrected chi connectivity index (χ1v) is 7.59. The monoisotopic (exact) mass is 274 g/mol. The number of rotatable bonds is 4. The summed E-state index contributed by atoms with van der Waals surface area (Å²) in [6.45, 7) is 0. The van der Waals surface area contributed by atoms with Crippen LogP contribution in [-0.2, 0) is 6.42 Å². The van der Waals surface area contributed by atoms with Crippen molar-refractivity contribution in [3.8, 4) is 0 Å². The van der Waals surface area contributed by atoms with E-state index in [9.17, 15) is 0 Å². The number of nitrogens with zero attached hydrogens (tertiary/aromatic N) is 1. The predicted octanol–water partition coefficient (Wildman–Crippen LogP) is 3.86. The van der Waals surface area contributed by atoms with Gasteiger partial charge in [0.15, 0.2) is 0 Å². The Bertz CT molecular complexity index is 599. The molecule has 1 N–H and O–H groups in total. The molecule has 92 valence electrons. The van der Waals surface area contributed by atoms with E-state index in [0.717, 1.165) is 6.42 Å². The third kappa shape index (κ3) is 2.32. The first-order valence-electron chi connectivity index (χ1n) is 5.90. The highest BCUT2D eigenvalue weighted by molar-refractivity contribution is 7.26. The minimum absolute atomic E-state index is 0.386. The summed E-state index contributed by atoms with van der Waals surface area (Å²) in [4.78, 5) is 5.47. The minimum Gasteiger partial charge on any atom is -0.312 e. The van der Waals surface area contributed by atoms with Crippen molar-refractivity contribution in [3.63, 3.8) is 0 Å². The Morgan fingerprint density at radius 1 is 1.22 bits per heavy atom. The van der Waals surface area contributed by atoms with Crippen LogP contribution in [0.2, 0.25) is 0 Å². The molecule has 3 aromatic heterocycles. The van der Waals surface area contributed by atoms with E-state index in [2.05, 4.69) is 39.9 Å². The fraction of sp³-hybridized carbons (Fsp3) is 0.214. The molecule has 3 heterocycles. The fourth-order valence-corrected chi connectivity index (χ4v) is 4.29. The molecule has 18 heavy (non-hydrogen) atoms. The van der Waals surface area contributed by atoms with Crippen molar-refractivity contribution in [2.75, 3.05) is 7.05 Å². The number of hydrogen-bond donors (Lipinski definition) is 1. The molecule has 0 amide bonds. The fourth-order valence-electron chi connectivity index (χ4n) is 2.06. The molecule has 1 unspecified atom stereocenters. The Hall–Kier alpha value is -1.23. The van der Waals surface area contributed by atoms with Crippen LogP contribution in [0, 0.1) is 0 Å². The summed E-state index contributed by atoms with van der Waals surface area (Å²) in [6.07, 6.45) is 4.72. The van der Waals surface area contributed by atoms with Gasteiger partial charge in [-0.2, -0.15) is 0 Å². The molecule has 0 aliphatic carbocycles. The second-order valence-corrected chi connectivity index (χ2v) is 6.26. The van der Waals surface area contributed by atoms with Crippen LogP contribution in [0.5, 0.6) is 0 Å². The normalized spacial score (nSPS) is 12.9. The summed E-state index contributed by atoms with van der Waals surface area (Å²) >= 11 is 3.70. The Morgan fingerprint density at radius 3 is 2.78 bits per heavy atom. The van der Waals surface area contributed by atoms with E-state index < -0.39 is 0 Å². The molecule has 0 spiro atoms. The molecular formula is C14H14N2S2. The van der Waals surface area contributed by atoms with Gasteiger partial charge < -0.3 is 5.32 Å². The van der Waals surface area contributed by atoms with Gasteiger partial charge in [-0.3, -0.25) is 4.98 Å². The van der Waals surface area contributed by atoms with Gasteiger partial charge in [-0.25, -0.2) is 0 Å². The zero-order valence-corrected chi connectivity index (χ0v) is 11.7. The van der Waals surface area contributed by atoms with E-state index in [1.807, 2.05) is 42.1 Å². The smallest absolute Gasteiger partial charge is 0.0454 e. The van der Waals surface area contributed by atoms with Gasteiger partial charge in [0, 0.05) is 32.7 Å². The van der Waals surface area contributed by atoms with E-state index in [4.69, 9.17) is 0 Å². The number of fused-ring (bicyclic) bond motifs is 1. The molecule has 0 fully saturated rings. The molecule has 0 aromatic carbocycles. The molecule has 3 rings (SSSR count). The van der Waals surface area contributed by atoms with E-state index in [-0.39, 0.29) is 0 Å². The molecule has 0 aliphatic rings. The summed E-state index contributed by atoms with van der Waals surface area (Å²) in [5, 5.41) is 5.57. The maximum absolute atomic E-state index is 4.06. The number of pyridine rings is 1. The van der Waals surface area contributed by atoms with Crippen molar-refractivity contribution in [1.29, 1.82) is 0 Å². The highest BCUT2D eigenvalue weighted by Crippen LogP contribution is 2.34. The Morgan fingerprint density at radius 2 is 2.06 bits per heavy atom. The molecular weight excluding hydrogens is 260 g/mol. The largest absolute Gasteiger partial charge is 0.312 e. The van der Waals surface area contributed by atoms with Crippen LogP contribution >= 0.6 is 22.7 Å². The summed E-state index contributed by atoms with van der Waals surface area (Å²) in [6, 6.07) is 9.07. The third-order valence-electron chi connectivity index (χ3n) is 3.04. The van der Waals surface area contributed by atoms with Gasteiger partial charge in [-0.15, -0.1) is 22.7 Å². The summed E-state index contributed by atoms with van der Waals surface area (Å²) in [7, 11) is 2.03. The SMILES string of the molecule is CNC(Cc1ccncc1)c1cc2sccc2s1. The zero-order chi connectivity index (χ0) is 12.4. The van der Waals surface area contributed by atoms with Gasteiger partial charge in [0.1, 0.15) is 0 Å². The molecule has 0 saturated carbocycles. The molecule has 1 atom stereocenters. The van der Waals surface area contributed by atoms with Gasteiger partial charge in [0.25, 0.3) is 0 Å². The van der Waals surface area contributed by atoms with Crippen LogP contribution in [0.3, 0.4) is 0 Å². The zero-order valence-electron chi connectivity index (χ0n) is 10.1. The highest BCUT2D eigenvalue weighted by atomic mass is 32.1. The topological polar surface area (TPSA) is 24.9 Å². The first-order chi connectivity index (χ1) is 8.86. The van der Waals surface area contributed by atoms with Crippen LogP contribution in [0.15, 0.2) is 42.0 Å². The second kappa shape index (κ2) is 5.18. The van der Waals surface area contributed by atoms with Crippen LogP contribution < -0.4 is 5.32 Å². The molecule has 0 bridgehead atoms. The van der Waals surface area contributed by atoms with E-state index in [0.29, 0.717) is 6.04 Å². The van der Waals surface area contributed by atoms with Crippen LogP contribution in [0.4, 0.5) is 0 Å². The standard InChI is InChI=1S/C14H14N2S2/c1-15-11(8-10-2-5-16-6-3-10)13-9-14-12(18-13)4-7-17-14/h2-7,9,11,15H,8H2,1H3. The summed E-state index contributed by atoms with van der Waals surface area (Å²) < 4.78 is 2.79. The molecule has 0 aliphatic heterocycles. The lowest BCUT2D eigenvalue weighted by Crippen LogP contribution is -2.17. The molecule has 2 nitrogen and oxygen atoms in total. The van der Waals surface area contributed by atoms with Crippen LogP contribution in [0.25, 0.3) is 9.40 Å². The highest BCUT2D eigenvalue weighted by Gasteiger charge is 2.13. The van der Waals surface area contributed by atoms with Crippen LogP contribution in [0.1, 0.15) is 16.5 Å². The van der Waals surface area contributed by atoms with E-state index in [1.54, 1.807) is 0 Å². The van der Waals surface area contributed by atoms with E-state index in [1.165, 1.54) is 19.8 Å². The average Bonchev–Trinajstić information content (AvgIpc) is 2.98. The molecule has 3 aromatic rings. The van der Waals surface area contributed by atoms with Gasteiger partial charge in [-0.05, 0) is 48.7 Å².